The standard InChI is InChI=1S/C15H29N3/c1-5-8-16-14(13(4)7-3)12-15-17-9-11-18(15)10-6-2/h9,11,13-14,16H,5-8,10,12H2,1-4H3. The molecule has 2 atom stereocenters. The Morgan fingerprint density at radius 2 is 2.06 bits per heavy atom. The number of rotatable bonds is 9. The topological polar surface area (TPSA) is 29.9 Å². The van der Waals surface area contributed by atoms with Crippen LogP contribution >= 0.6 is 0 Å². The van der Waals surface area contributed by atoms with Crippen molar-refractivity contribution in [3.63, 3.8) is 0 Å². The quantitative estimate of drug-likeness (QED) is 0.730. The summed E-state index contributed by atoms with van der Waals surface area (Å²) >= 11 is 0. The van der Waals surface area contributed by atoms with E-state index in [0.29, 0.717) is 12.0 Å². The number of hydrogen-bond acceptors (Lipinski definition) is 2. The molecule has 0 radical (unpaired) electrons. The van der Waals surface area contributed by atoms with Gasteiger partial charge in [0.2, 0.25) is 0 Å². The maximum Gasteiger partial charge on any atom is 0.110 e. The molecule has 104 valence electrons. The second-order valence-electron chi connectivity index (χ2n) is 5.19. The molecule has 1 aromatic heterocycles. The van der Waals surface area contributed by atoms with Crippen molar-refractivity contribution in [2.45, 2.75) is 66.0 Å². The lowest BCUT2D eigenvalue weighted by Crippen LogP contribution is -2.38. The van der Waals surface area contributed by atoms with Crippen LogP contribution in [0.1, 0.15) is 52.8 Å². The monoisotopic (exact) mass is 251 g/mol. The molecule has 0 bridgehead atoms. The second kappa shape index (κ2) is 8.30. The van der Waals surface area contributed by atoms with Crippen LogP contribution in [0, 0.1) is 5.92 Å². The van der Waals surface area contributed by atoms with Gasteiger partial charge < -0.3 is 9.88 Å². The molecular weight excluding hydrogens is 222 g/mol. The summed E-state index contributed by atoms with van der Waals surface area (Å²) in [6, 6.07) is 0.549. The van der Waals surface area contributed by atoms with E-state index >= 15 is 0 Å². The molecular formula is C15H29N3. The molecule has 0 saturated heterocycles. The fraction of sp³-hybridized carbons (Fsp3) is 0.800. The first-order chi connectivity index (χ1) is 8.72. The van der Waals surface area contributed by atoms with Gasteiger partial charge in [0.15, 0.2) is 0 Å². The summed E-state index contributed by atoms with van der Waals surface area (Å²) in [5.74, 6) is 1.93. The largest absolute Gasteiger partial charge is 0.335 e. The van der Waals surface area contributed by atoms with Gasteiger partial charge >= 0.3 is 0 Å². The lowest BCUT2D eigenvalue weighted by Gasteiger charge is -2.24. The average molecular weight is 251 g/mol. The Kier molecular flexibility index (Phi) is 7.02. The van der Waals surface area contributed by atoms with Crippen LogP contribution < -0.4 is 5.32 Å². The molecule has 1 heterocycles. The van der Waals surface area contributed by atoms with E-state index in [1.165, 1.54) is 25.1 Å². The van der Waals surface area contributed by atoms with Crippen molar-refractivity contribution in [2.24, 2.45) is 5.92 Å². The molecule has 0 spiro atoms. The molecule has 0 saturated carbocycles. The highest BCUT2D eigenvalue weighted by molar-refractivity contribution is 4.96. The van der Waals surface area contributed by atoms with Crippen LogP contribution in [0.4, 0.5) is 0 Å². The molecule has 18 heavy (non-hydrogen) atoms. The van der Waals surface area contributed by atoms with Gasteiger partial charge in [0.25, 0.3) is 0 Å². The SMILES string of the molecule is CCCNC(Cc1nccn1CCC)C(C)CC. The smallest absolute Gasteiger partial charge is 0.110 e. The Bertz CT molecular complexity index is 319. The summed E-state index contributed by atoms with van der Waals surface area (Å²) in [5.41, 5.74) is 0. The van der Waals surface area contributed by atoms with Crippen LogP contribution in [0.2, 0.25) is 0 Å². The Labute approximate surface area is 112 Å². The van der Waals surface area contributed by atoms with E-state index in [4.69, 9.17) is 0 Å². The predicted octanol–water partition coefficient (Wildman–Crippen LogP) is 3.25. The predicted molar refractivity (Wildman–Crippen MR) is 77.8 cm³/mol. The number of imidazole rings is 1. The summed E-state index contributed by atoms with van der Waals surface area (Å²) in [5, 5.41) is 3.67. The van der Waals surface area contributed by atoms with Gasteiger partial charge in [-0.05, 0) is 25.3 Å². The zero-order valence-corrected chi connectivity index (χ0v) is 12.4. The van der Waals surface area contributed by atoms with Gasteiger partial charge in [0.1, 0.15) is 5.82 Å². The zero-order valence-electron chi connectivity index (χ0n) is 12.4. The third-order valence-corrected chi connectivity index (χ3v) is 3.66. The highest BCUT2D eigenvalue weighted by Gasteiger charge is 2.17. The molecule has 0 aliphatic carbocycles. The highest BCUT2D eigenvalue weighted by Crippen LogP contribution is 2.13. The molecule has 0 aliphatic heterocycles. The van der Waals surface area contributed by atoms with Gasteiger partial charge in [-0.25, -0.2) is 4.98 Å². The molecule has 0 amide bonds. The Balaban J connectivity index is 2.65. The van der Waals surface area contributed by atoms with E-state index in [9.17, 15) is 0 Å². The molecule has 2 unspecified atom stereocenters. The van der Waals surface area contributed by atoms with Gasteiger partial charge in [0.05, 0.1) is 0 Å². The lowest BCUT2D eigenvalue weighted by molar-refractivity contribution is 0.356. The Morgan fingerprint density at radius 1 is 1.28 bits per heavy atom. The highest BCUT2D eigenvalue weighted by atomic mass is 15.1. The van der Waals surface area contributed by atoms with Gasteiger partial charge in [-0.2, -0.15) is 0 Å². The van der Waals surface area contributed by atoms with Gasteiger partial charge in [-0.1, -0.05) is 34.1 Å². The summed E-state index contributed by atoms with van der Waals surface area (Å²) in [6.45, 7) is 11.2. The maximum absolute atomic E-state index is 4.52. The van der Waals surface area contributed by atoms with Crippen molar-refractivity contribution in [1.82, 2.24) is 14.9 Å². The summed E-state index contributed by atoms with van der Waals surface area (Å²) in [6.07, 6.45) is 8.65. The van der Waals surface area contributed by atoms with Gasteiger partial charge in [-0.3, -0.25) is 0 Å². The Morgan fingerprint density at radius 3 is 2.67 bits per heavy atom. The molecule has 0 fully saturated rings. The third-order valence-electron chi connectivity index (χ3n) is 3.66. The first-order valence-corrected chi connectivity index (χ1v) is 7.46. The van der Waals surface area contributed by atoms with E-state index in [2.05, 4.69) is 48.8 Å². The van der Waals surface area contributed by atoms with Crippen LogP contribution in [0.15, 0.2) is 12.4 Å². The number of nitrogens with zero attached hydrogens (tertiary/aromatic N) is 2. The van der Waals surface area contributed by atoms with Gasteiger partial charge in [0, 0.05) is 31.4 Å². The molecule has 1 N–H and O–H groups in total. The van der Waals surface area contributed by atoms with E-state index in [0.717, 1.165) is 19.5 Å². The van der Waals surface area contributed by atoms with E-state index in [1.54, 1.807) is 0 Å². The minimum Gasteiger partial charge on any atom is -0.335 e. The molecule has 3 nitrogen and oxygen atoms in total. The summed E-state index contributed by atoms with van der Waals surface area (Å²) in [7, 11) is 0. The third kappa shape index (κ3) is 4.45. The first kappa shape index (κ1) is 15.2. The van der Waals surface area contributed by atoms with Gasteiger partial charge in [-0.15, -0.1) is 0 Å². The van der Waals surface area contributed by atoms with Crippen molar-refractivity contribution in [1.29, 1.82) is 0 Å². The first-order valence-electron chi connectivity index (χ1n) is 7.46. The maximum atomic E-state index is 4.52. The number of hydrogen-bond donors (Lipinski definition) is 1. The molecule has 1 rings (SSSR count). The van der Waals surface area contributed by atoms with Crippen LogP contribution in [-0.2, 0) is 13.0 Å². The van der Waals surface area contributed by atoms with Crippen molar-refractivity contribution in [3.05, 3.63) is 18.2 Å². The van der Waals surface area contributed by atoms with Crippen LogP contribution in [-0.4, -0.2) is 22.1 Å². The minimum atomic E-state index is 0.549. The molecule has 0 aromatic carbocycles. The average Bonchev–Trinajstić information content (AvgIpc) is 2.81. The summed E-state index contributed by atoms with van der Waals surface area (Å²) < 4.78 is 2.29. The molecule has 3 heteroatoms. The number of nitrogens with one attached hydrogen (secondary N) is 1. The lowest BCUT2D eigenvalue weighted by atomic mass is 9.96. The number of aromatic nitrogens is 2. The summed E-state index contributed by atoms with van der Waals surface area (Å²) in [4.78, 5) is 4.52. The van der Waals surface area contributed by atoms with E-state index < -0.39 is 0 Å². The van der Waals surface area contributed by atoms with Crippen molar-refractivity contribution in [3.8, 4) is 0 Å². The van der Waals surface area contributed by atoms with Crippen LogP contribution in [0.5, 0.6) is 0 Å². The van der Waals surface area contributed by atoms with Crippen LogP contribution in [0.3, 0.4) is 0 Å². The van der Waals surface area contributed by atoms with E-state index in [1.807, 2.05) is 6.20 Å². The van der Waals surface area contributed by atoms with Crippen molar-refractivity contribution in [2.75, 3.05) is 6.54 Å². The van der Waals surface area contributed by atoms with E-state index in [-0.39, 0.29) is 0 Å². The fourth-order valence-electron chi connectivity index (χ4n) is 2.26. The van der Waals surface area contributed by atoms with Crippen molar-refractivity contribution >= 4 is 0 Å². The number of aryl methyl sites for hydroxylation is 1. The van der Waals surface area contributed by atoms with Crippen molar-refractivity contribution < 1.29 is 0 Å². The molecule has 1 aromatic rings. The fourth-order valence-corrected chi connectivity index (χ4v) is 2.26. The molecule has 0 aliphatic rings. The van der Waals surface area contributed by atoms with Crippen LogP contribution in [0.25, 0.3) is 0 Å². The zero-order chi connectivity index (χ0) is 13.4. The minimum absolute atomic E-state index is 0.549. The normalized spacial score (nSPS) is 14.7. The second-order valence-corrected chi connectivity index (χ2v) is 5.19. The Hall–Kier alpha value is -0.830.